The van der Waals surface area contributed by atoms with E-state index in [4.69, 9.17) is 14.3 Å². The standard InChI is InChI=1S/C38H40N6O6S2/c1-3-9-25-19-23(15-17-29(25)37(39)31-13-7-5-11-27(31)33(43-41)21-35(37)51(45,46)47)24-16-18-30(26(20-24)10-4-2)38(40)32-14-8-6-12-28(32)34(44-42)22-36(38)52(48,49)50/h5-8,11-22,35-36,41-42H,3-4,9-10,39-40H2,1-2H3,(H,45,46,47)(H,48,49,50)/b43-41+,44-42+. The van der Waals surface area contributed by atoms with E-state index in [1.54, 1.807) is 60.7 Å². The van der Waals surface area contributed by atoms with Crippen LogP contribution in [0.15, 0.2) is 107 Å². The van der Waals surface area contributed by atoms with Gasteiger partial charge in [-0.25, -0.2) is 11.0 Å². The predicted molar refractivity (Wildman–Crippen MR) is 200 cm³/mol. The van der Waals surface area contributed by atoms with Crippen molar-refractivity contribution in [3.8, 4) is 11.1 Å². The predicted octanol–water partition coefficient (Wildman–Crippen LogP) is 6.95. The van der Waals surface area contributed by atoms with Gasteiger partial charge in [-0.3, -0.25) is 9.11 Å². The van der Waals surface area contributed by atoms with Gasteiger partial charge in [-0.05, 0) is 69.5 Å². The zero-order chi connectivity index (χ0) is 39.1. The molecule has 0 aromatic heterocycles. The summed E-state index contributed by atoms with van der Waals surface area (Å²) in [5.74, 6) is 0. The molecule has 2 aliphatic carbocycles. The molecule has 8 N–H and O–H groups in total. The first-order valence-electron chi connectivity index (χ1n) is 17.6. The molecule has 0 fully saturated rings. The number of rotatable bonds is 11. The molecule has 0 spiro atoms. The molecule has 6 rings (SSSR count). The van der Waals surface area contributed by atoms with Gasteiger partial charge in [0.2, 0.25) is 2.82 Å². The second-order valence-electron chi connectivity index (χ2n) is 13.2. The zero-order valence-corrected chi connectivity index (χ0v) is 30.1. The van der Waals surface area contributed by atoms with Gasteiger partial charge in [0.05, 0.1) is 22.5 Å². The Kier molecular flexibility index (Phi) is 9.06. The third-order valence-electron chi connectivity index (χ3n) is 10.1. The number of nitrogens with two attached hydrogens (primary N) is 2. The highest BCUT2D eigenvalue weighted by Gasteiger charge is 2.51. The molecule has 12 nitrogen and oxygen atoms in total. The van der Waals surface area contributed by atoms with E-state index in [9.17, 15) is 25.9 Å². The van der Waals surface area contributed by atoms with Crippen LogP contribution in [0.3, 0.4) is 0 Å². The van der Waals surface area contributed by atoms with Crippen LogP contribution in [0.2, 0.25) is 2.82 Å². The highest BCUT2D eigenvalue weighted by atomic mass is 32.2. The first-order valence-corrected chi connectivity index (χ1v) is 19.8. The average Bonchev–Trinajstić information content (AvgIpc) is 3.13. The Morgan fingerprint density at radius 2 is 1.04 bits per heavy atom. The quantitative estimate of drug-likeness (QED) is 0.0694. The third kappa shape index (κ3) is 6.04. The van der Waals surface area contributed by atoms with Crippen LogP contribution in [-0.2, 0) is 44.2 Å². The van der Waals surface area contributed by atoms with Crippen molar-refractivity contribution in [3.05, 3.63) is 142 Å². The minimum absolute atomic E-state index is 0.100. The van der Waals surface area contributed by atoms with E-state index >= 15 is 0 Å². The van der Waals surface area contributed by atoms with E-state index in [0.29, 0.717) is 59.1 Å². The third-order valence-corrected chi connectivity index (χ3v) is 12.4. The summed E-state index contributed by atoms with van der Waals surface area (Å²) < 4.78 is 87.8. The summed E-state index contributed by atoms with van der Waals surface area (Å²) >= 11 is 0. The molecule has 4 atom stereocenters. The molecule has 0 bridgehead atoms. The van der Waals surface area contributed by atoms with E-state index in [0.717, 1.165) is 22.3 Å². The Hall–Kier alpha value is -4.70. The fourth-order valence-electron chi connectivity index (χ4n) is 7.89. The summed E-state index contributed by atoms with van der Waals surface area (Å²) in [4.78, 5) is 0. The van der Waals surface area contributed by atoms with E-state index < -0.39 is 41.8 Å². The molecule has 52 heavy (non-hydrogen) atoms. The van der Waals surface area contributed by atoms with Crippen LogP contribution < -0.4 is 11.5 Å². The number of fused-ring (bicyclic) bond motifs is 2. The minimum atomic E-state index is -4.81. The van der Waals surface area contributed by atoms with Crippen LogP contribution in [0.25, 0.3) is 22.5 Å². The van der Waals surface area contributed by atoms with Crippen molar-refractivity contribution in [3.63, 3.8) is 0 Å². The minimum Gasteiger partial charge on any atom is -0.316 e. The lowest BCUT2D eigenvalue weighted by molar-refractivity contribution is 0.434. The molecule has 4 unspecified atom stereocenters. The van der Waals surface area contributed by atoms with E-state index in [2.05, 4.69) is 21.3 Å². The van der Waals surface area contributed by atoms with Crippen molar-refractivity contribution in [1.29, 1.82) is 11.0 Å². The normalized spacial score (nSPS) is 23.8. The summed E-state index contributed by atoms with van der Waals surface area (Å²) in [6.07, 6.45) is 4.84. The summed E-state index contributed by atoms with van der Waals surface area (Å²) in [6, 6.07) is 24.7. The maximum Gasteiger partial charge on any atom is 0.274 e. The summed E-state index contributed by atoms with van der Waals surface area (Å²) in [5.41, 5.74) is 23.0. The van der Waals surface area contributed by atoms with Gasteiger partial charge in [-0.1, -0.05) is 112 Å². The molecule has 2 aliphatic rings. The van der Waals surface area contributed by atoms with Crippen molar-refractivity contribution in [2.45, 2.75) is 61.1 Å². The molecule has 4 aromatic carbocycles. The number of aryl methyl sites for hydroxylation is 2. The Bertz CT molecular complexity index is 2300. The first-order chi connectivity index (χ1) is 25.6. The SMILES string of the molecule is [H]/N=N/C1=CC(S(=O)(=O)O)C(N)(c2ccc(-c3ccc(C4(N)c5ccccc5C(/N=N/[H])=CC4S(=O)(=O)O)c(CCC)c3)cc2CCC)c2ccccc21. The van der Waals surface area contributed by atoms with Gasteiger partial charge in [0.15, 0.2) is 0 Å². The zero-order valence-electron chi connectivity index (χ0n) is 30.5. The smallest absolute Gasteiger partial charge is 0.274 e. The number of hydrogen-bond acceptors (Lipinski definition) is 10. The van der Waals surface area contributed by atoms with Crippen molar-refractivity contribution < 1.29 is 28.8 Å². The number of nitrogens with one attached hydrogen (secondary N) is 2. The molecular weight excluding hydrogens is 701 g/mol. The van der Waals surface area contributed by atoms with Crippen molar-refractivity contribution in [2.24, 2.45) is 21.7 Å². The van der Waals surface area contributed by atoms with Crippen molar-refractivity contribution in [1.82, 2.24) is 0 Å². The van der Waals surface area contributed by atoms with Crippen LogP contribution in [0.5, 0.6) is 0 Å². The summed E-state index contributed by atoms with van der Waals surface area (Å²) in [6.45, 7) is 3.96. The molecule has 0 saturated heterocycles. The molecule has 270 valence electrons. The highest BCUT2D eigenvalue weighted by molar-refractivity contribution is 7.87. The molecular formula is C38H40N6O6S2. The Labute approximate surface area is 306 Å². The van der Waals surface area contributed by atoms with Gasteiger partial charge in [0.1, 0.15) is 10.5 Å². The van der Waals surface area contributed by atoms with E-state index in [1.807, 2.05) is 38.1 Å². The van der Waals surface area contributed by atoms with Crippen LogP contribution in [0.1, 0.15) is 71.2 Å². The van der Waals surface area contributed by atoms with Crippen molar-refractivity contribution >= 4 is 31.6 Å². The molecule has 0 amide bonds. The summed E-state index contributed by atoms with van der Waals surface area (Å²) in [7, 11) is -9.61. The van der Waals surface area contributed by atoms with Gasteiger partial charge in [0, 0.05) is 11.1 Å². The fourth-order valence-corrected chi connectivity index (χ4v) is 9.94. The molecule has 4 aromatic rings. The monoisotopic (exact) mass is 740 g/mol. The van der Waals surface area contributed by atoms with Crippen LogP contribution in [0.4, 0.5) is 0 Å². The first kappa shape index (κ1) is 34.4. The number of nitrogens with zero attached hydrogens (tertiary/aromatic N) is 2. The van der Waals surface area contributed by atoms with Gasteiger partial charge in [0.25, 0.3) is 20.2 Å². The number of benzene rings is 4. The lowest BCUT2D eigenvalue weighted by Crippen LogP contribution is -2.54. The van der Waals surface area contributed by atoms with Crippen LogP contribution in [0, 0.1) is 11.0 Å². The molecule has 0 aliphatic heterocycles. The van der Waals surface area contributed by atoms with E-state index in [1.165, 1.54) is 12.2 Å². The summed E-state index contributed by atoms with van der Waals surface area (Å²) in [5, 5.41) is 4.34. The largest absolute Gasteiger partial charge is 0.316 e. The Morgan fingerprint density at radius 1 is 0.654 bits per heavy atom. The molecule has 14 heteroatoms. The van der Waals surface area contributed by atoms with Crippen LogP contribution >= 0.6 is 0 Å². The molecule has 0 heterocycles. The maximum atomic E-state index is 13.0. The van der Waals surface area contributed by atoms with Gasteiger partial charge in [-0.2, -0.15) is 27.1 Å². The van der Waals surface area contributed by atoms with Gasteiger partial charge >= 0.3 is 0 Å². The van der Waals surface area contributed by atoms with E-state index in [-0.39, 0.29) is 11.4 Å². The van der Waals surface area contributed by atoms with Crippen LogP contribution in [-0.4, -0.2) is 36.4 Å². The number of hydrogen-bond donors (Lipinski definition) is 6. The lowest BCUT2D eigenvalue weighted by atomic mass is 9.71. The second-order valence-corrected chi connectivity index (χ2v) is 16.3. The van der Waals surface area contributed by atoms with Crippen molar-refractivity contribution in [2.75, 3.05) is 0 Å². The highest BCUT2D eigenvalue weighted by Crippen LogP contribution is 2.47. The lowest BCUT2D eigenvalue weighted by Gasteiger charge is -2.41. The topological polar surface area (TPSA) is 233 Å². The Balaban J connectivity index is 1.54. The maximum absolute atomic E-state index is 13.0. The van der Waals surface area contributed by atoms with Gasteiger partial charge in [-0.15, -0.1) is 0 Å². The second kappa shape index (κ2) is 13.7. The molecule has 0 saturated carbocycles. The molecule has 0 radical (unpaired) electrons. The van der Waals surface area contributed by atoms with Gasteiger partial charge < -0.3 is 11.5 Å². The average molecular weight is 741 g/mol. The fraction of sp³-hybridized carbons (Fsp3) is 0.263. The Morgan fingerprint density at radius 3 is 1.38 bits per heavy atom.